The van der Waals surface area contributed by atoms with Gasteiger partial charge in [-0.05, 0) is 49.0 Å². The number of nitrogens with one attached hydrogen (secondary N) is 1. The van der Waals surface area contributed by atoms with E-state index in [4.69, 9.17) is 44.6 Å². The van der Waals surface area contributed by atoms with Crippen molar-refractivity contribution in [2.24, 2.45) is 0 Å². The summed E-state index contributed by atoms with van der Waals surface area (Å²) in [4.78, 5) is 4.50. The molecule has 3 rings (SSSR count). The summed E-state index contributed by atoms with van der Waals surface area (Å²) in [6.45, 7) is 6.01. The Morgan fingerprint density at radius 3 is 2.78 bits per heavy atom. The number of furan rings is 1. The molecule has 1 aliphatic rings. The quantitative estimate of drug-likeness (QED) is 0.655. The molecule has 1 aromatic carbocycles. The number of ether oxygens (including phenoxy) is 1. The van der Waals surface area contributed by atoms with Crippen LogP contribution in [0.25, 0.3) is 0 Å². The lowest BCUT2D eigenvalue weighted by molar-refractivity contribution is 0.0367. The molecule has 1 aromatic heterocycles. The van der Waals surface area contributed by atoms with Crippen LogP contribution in [0.5, 0.6) is 0 Å². The second-order valence-corrected chi connectivity index (χ2v) is 7.59. The SMILES string of the molecule is S=C(Nc1cc(Cl)ccc1Cl)N(CCCN1CCOCC1)Cc1ccco1. The smallest absolute Gasteiger partial charge is 0.173 e. The predicted molar refractivity (Wildman–Crippen MR) is 114 cm³/mol. The van der Waals surface area contributed by atoms with Crippen molar-refractivity contribution in [3.63, 3.8) is 0 Å². The topological polar surface area (TPSA) is 40.9 Å². The molecule has 0 aliphatic carbocycles. The number of hydrogen-bond acceptors (Lipinski definition) is 4. The highest BCUT2D eigenvalue weighted by Gasteiger charge is 2.15. The molecule has 1 fully saturated rings. The highest BCUT2D eigenvalue weighted by atomic mass is 35.5. The van der Waals surface area contributed by atoms with Gasteiger partial charge in [0.25, 0.3) is 0 Å². The Bertz CT molecular complexity index is 737. The van der Waals surface area contributed by atoms with E-state index in [-0.39, 0.29) is 0 Å². The molecule has 0 amide bonds. The highest BCUT2D eigenvalue weighted by Crippen LogP contribution is 2.26. The maximum absolute atomic E-state index is 6.26. The van der Waals surface area contributed by atoms with Gasteiger partial charge < -0.3 is 19.4 Å². The summed E-state index contributed by atoms with van der Waals surface area (Å²) in [5.41, 5.74) is 0.701. The zero-order valence-electron chi connectivity index (χ0n) is 15.0. The van der Waals surface area contributed by atoms with Crippen LogP contribution in [0.3, 0.4) is 0 Å². The molecular formula is C19H23Cl2N3O2S. The molecule has 0 spiro atoms. The summed E-state index contributed by atoms with van der Waals surface area (Å²) in [5, 5.41) is 5.00. The van der Waals surface area contributed by atoms with Gasteiger partial charge >= 0.3 is 0 Å². The minimum absolute atomic E-state index is 0.577. The van der Waals surface area contributed by atoms with E-state index in [2.05, 4.69) is 15.1 Å². The van der Waals surface area contributed by atoms with Crippen LogP contribution in [0.15, 0.2) is 41.0 Å². The van der Waals surface area contributed by atoms with E-state index in [1.54, 1.807) is 24.5 Å². The Kier molecular flexibility index (Phi) is 7.79. The minimum Gasteiger partial charge on any atom is -0.467 e. The number of hydrogen-bond donors (Lipinski definition) is 1. The first-order valence-corrected chi connectivity index (χ1v) is 10.1. The summed E-state index contributed by atoms with van der Waals surface area (Å²) in [5.74, 6) is 0.864. The second-order valence-electron chi connectivity index (χ2n) is 6.36. The highest BCUT2D eigenvalue weighted by molar-refractivity contribution is 7.80. The van der Waals surface area contributed by atoms with E-state index in [1.807, 2.05) is 12.1 Å². The third-order valence-electron chi connectivity index (χ3n) is 4.39. The van der Waals surface area contributed by atoms with Crippen LogP contribution in [-0.2, 0) is 11.3 Å². The molecule has 146 valence electrons. The Morgan fingerprint density at radius 2 is 2.04 bits per heavy atom. The van der Waals surface area contributed by atoms with Gasteiger partial charge in [0.2, 0.25) is 0 Å². The molecule has 5 nitrogen and oxygen atoms in total. The molecule has 0 bridgehead atoms. The van der Waals surface area contributed by atoms with Gasteiger partial charge in [-0.2, -0.15) is 0 Å². The molecule has 0 unspecified atom stereocenters. The van der Waals surface area contributed by atoms with Gasteiger partial charge in [-0.1, -0.05) is 23.2 Å². The monoisotopic (exact) mass is 427 g/mol. The largest absolute Gasteiger partial charge is 0.467 e. The van der Waals surface area contributed by atoms with E-state index in [1.165, 1.54) is 0 Å². The molecular weight excluding hydrogens is 405 g/mol. The third kappa shape index (κ3) is 6.36. The number of morpholine rings is 1. The number of thiocarbonyl (C=S) groups is 1. The van der Waals surface area contributed by atoms with Crippen molar-refractivity contribution < 1.29 is 9.15 Å². The lowest BCUT2D eigenvalue weighted by Crippen LogP contribution is -2.40. The number of halogens is 2. The first-order valence-electron chi connectivity index (χ1n) is 8.95. The average molecular weight is 428 g/mol. The summed E-state index contributed by atoms with van der Waals surface area (Å²) in [7, 11) is 0. The molecule has 0 radical (unpaired) electrons. The molecule has 2 aromatic rings. The fraction of sp³-hybridized carbons (Fsp3) is 0.421. The van der Waals surface area contributed by atoms with Crippen molar-refractivity contribution in [1.29, 1.82) is 0 Å². The Labute approximate surface area is 175 Å². The lowest BCUT2D eigenvalue weighted by Gasteiger charge is -2.29. The van der Waals surface area contributed by atoms with Crippen LogP contribution in [0.4, 0.5) is 5.69 Å². The molecule has 27 heavy (non-hydrogen) atoms. The molecule has 2 heterocycles. The van der Waals surface area contributed by atoms with E-state index in [9.17, 15) is 0 Å². The summed E-state index contributed by atoms with van der Waals surface area (Å²) in [6, 6.07) is 9.11. The summed E-state index contributed by atoms with van der Waals surface area (Å²) in [6.07, 6.45) is 2.66. The van der Waals surface area contributed by atoms with Crippen molar-refractivity contribution in [3.8, 4) is 0 Å². The molecule has 8 heteroatoms. The van der Waals surface area contributed by atoms with Crippen LogP contribution >= 0.6 is 35.4 Å². The molecule has 1 aliphatic heterocycles. The van der Waals surface area contributed by atoms with E-state index < -0.39 is 0 Å². The Morgan fingerprint density at radius 1 is 1.22 bits per heavy atom. The average Bonchev–Trinajstić information content (AvgIpc) is 3.18. The minimum atomic E-state index is 0.577. The van der Waals surface area contributed by atoms with Crippen molar-refractivity contribution in [2.45, 2.75) is 13.0 Å². The third-order valence-corrected chi connectivity index (χ3v) is 5.32. The van der Waals surface area contributed by atoms with Gasteiger partial charge in [-0.25, -0.2) is 0 Å². The normalized spacial score (nSPS) is 14.9. The van der Waals surface area contributed by atoms with Crippen molar-refractivity contribution in [2.75, 3.05) is 44.7 Å². The van der Waals surface area contributed by atoms with Crippen LogP contribution in [-0.4, -0.2) is 54.3 Å². The maximum Gasteiger partial charge on any atom is 0.173 e. The first-order chi connectivity index (χ1) is 13.1. The van der Waals surface area contributed by atoms with Crippen LogP contribution in [0, 0.1) is 0 Å². The summed E-state index contributed by atoms with van der Waals surface area (Å²) < 4.78 is 10.9. The number of nitrogens with zero attached hydrogens (tertiary/aromatic N) is 2. The van der Waals surface area contributed by atoms with Gasteiger partial charge in [0.1, 0.15) is 5.76 Å². The number of benzene rings is 1. The second kappa shape index (κ2) is 10.3. The Hall–Kier alpha value is -1.31. The van der Waals surface area contributed by atoms with Gasteiger partial charge in [0, 0.05) is 31.2 Å². The van der Waals surface area contributed by atoms with Crippen molar-refractivity contribution >= 4 is 46.2 Å². The van der Waals surface area contributed by atoms with Crippen LogP contribution < -0.4 is 5.32 Å². The fourth-order valence-corrected chi connectivity index (χ4v) is 3.54. The van der Waals surface area contributed by atoms with E-state index >= 15 is 0 Å². The molecule has 0 saturated carbocycles. The van der Waals surface area contributed by atoms with Gasteiger partial charge in [-0.3, -0.25) is 4.90 Å². The van der Waals surface area contributed by atoms with E-state index in [0.717, 1.165) is 51.6 Å². The van der Waals surface area contributed by atoms with Crippen LogP contribution in [0.2, 0.25) is 10.0 Å². The zero-order chi connectivity index (χ0) is 19.1. The first kappa shape index (κ1) is 20.4. The van der Waals surface area contributed by atoms with Crippen molar-refractivity contribution in [1.82, 2.24) is 9.80 Å². The number of anilines is 1. The van der Waals surface area contributed by atoms with Crippen LogP contribution in [0.1, 0.15) is 12.2 Å². The predicted octanol–water partition coefficient (Wildman–Crippen LogP) is 4.51. The molecule has 0 atom stereocenters. The summed E-state index contributed by atoms with van der Waals surface area (Å²) >= 11 is 18.0. The standard InChI is InChI=1S/C19H23Cl2N3O2S/c20-15-4-5-17(21)18(13-15)22-19(27)24(14-16-3-1-10-26-16)7-2-6-23-8-11-25-12-9-23/h1,3-5,10,13H,2,6-9,11-12,14H2,(H,22,27). The molecule has 1 N–H and O–H groups in total. The zero-order valence-corrected chi connectivity index (χ0v) is 17.3. The van der Waals surface area contributed by atoms with Crippen molar-refractivity contribution in [3.05, 3.63) is 52.4 Å². The lowest BCUT2D eigenvalue weighted by atomic mass is 10.3. The number of rotatable bonds is 7. The maximum atomic E-state index is 6.26. The van der Waals surface area contributed by atoms with Gasteiger partial charge in [0.15, 0.2) is 5.11 Å². The Balaban J connectivity index is 1.61. The van der Waals surface area contributed by atoms with E-state index in [0.29, 0.717) is 27.4 Å². The molecule has 1 saturated heterocycles. The fourth-order valence-electron chi connectivity index (χ4n) is 2.94. The van der Waals surface area contributed by atoms with Gasteiger partial charge in [-0.15, -0.1) is 0 Å². The van der Waals surface area contributed by atoms with Gasteiger partial charge in [0.05, 0.1) is 36.7 Å².